The summed E-state index contributed by atoms with van der Waals surface area (Å²) in [5.74, 6) is 1.21. The monoisotopic (exact) mass is 551 g/mol. The number of benzene rings is 1. The number of amides is 1. The van der Waals surface area contributed by atoms with Crippen LogP contribution in [-0.2, 0) is 18.9 Å². The van der Waals surface area contributed by atoms with Gasteiger partial charge >= 0.3 is 12.1 Å². The molecule has 1 aromatic carbocycles. The molecule has 7 nitrogen and oxygen atoms in total. The topological polar surface area (TPSA) is 83.1 Å². The molecule has 0 bridgehead atoms. The van der Waals surface area contributed by atoms with Gasteiger partial charge in [-0.1, -0.05) is 62.3 Å². The number of ether oxygens (including phenoxy) is 4. The first-order valence-corrected chi connectivity index (χ1v) is 14.8. The smallest absolute Gasteiger partial charge is 0.407 e. The summed E-state index contributed by atoms with van der Waals surface area (Å²) in [6.07, 6.45) is 8.73. The van der Waals surface area contributed by atoms with Crippen LogP contribution in [0.25, 0.3) is 0 Å². The van der Waals surface area contributed by atoms with Gasteiger partial charge in [0.05, 0.1) is 5.56 Å². The third-order valence-electron chi connectivity index (χ3n) is 10.9. The molecule has 1 aromatic rings. The maximum Gasteiger partial charge on any atom is 0.407 e. The van der Waals surface area contributed by atoms with E-state index in [1.807, 2.05) is 18.2 Å². The highest BCUT2D eigenvalue weighted by atomic mass is 16.7. The number of alkyl carbamates (subject to hydrolysis) is 1. The highest BCUT2D eigenvalue weighted by Crippen LogP contribution is 2.66. The van der Waals surface area contributed by atoms with Gasteiger partial charge in [0.2, 0.25) is 0 Å². The Labute approximate surface area is 238 Å². The Balaban J connectivity index is 1.44. The van der Waals surface area contributed by atoms with Crippen molar-refractivity contribution in [1.82, 2.24) is 5.32 Å². The van der Waals surface area contributed by atoms with Gasteiger partial charge in [-0.25, -0.2) is 9.59 Å². The van der Waals surface area contributed by atoms with Crippen LogP contribution in [0.4, 0.5) is 4.79 Å². The largest absolute Gasteiger partial charge is 0.458 e. The van der Waals surface area contributed by atoms with E-state index in [-0.39, 0.29) is 35.1 Å². The minimum Gasteiger partial charge on any atom is -0.458 e. The predicted molar refractivity (Wildman–Crippen MR) is 152 cm³/mol. The lowest BCUT2D eigenvalue weighted by Crippen LogP contribution is -2.54. The highest BCUT2D eigenvalue weighted by molar-refractivity contribution is 5.89. The molecule has 1 amide bonds. The fourth-order valence-corrected chi connectivity index (χ4v) is 8.87. The first-order chi connectivity index (χ1) is 19.2. The summed E-state index contributed by atoms with van der Waals surface area (Å²) in [6.45, 7) is 7.00. The van der Waals surface area contributed by atoms with Crippen molar-refractivity contribution in [2.24, 2.45) is 34.5 Å². The zero-order valence-corrected chi connectivity index (χ0v) is 24.8. The molecule has 3 saturated carbocycles. The van der Waals surface area contributed by atoms with Crippen LogP contribution < -0.4 is 5.32 Å². The van der Waals surface area contributed by atoms with E-state index in [0.717, 1.165) is 25.7 Å². The van der Waals surface area contributed by atoms with E-state index in [1.54, 1.807) is 33.4 Å². The van der Waals surface area contributed by atoms with Crippen LogP contribution in [0, 0.1) is 34.5 Å². The van der Waals surface area contributed by atoms with E-state index in [0.29, 0.717) is 36.2 Å². The Morgan fingerprint density at radius 2 is 1.70 bits per heavy atom. The molecule has 4 aliphatic carbocycles. The second-order valence-electron chi connectivity index (χ2n) is 12.7. The van der Waals surface area contributed by atoms with Gasteiger partial charge in [0, 0.05) is 45.4 Å². The number of allylic oxidation sites excluding steroid dienone is 3. The number of carbonyl (C=O) groups is 2. The molecule has 0 heterocycles. The number of rotatable bonds is 7. The summed E-state index contributed by atoms with van der Waals surface area (Å²) in [5, 5.41) is 2.63. The van der Waals surface area contributed by atoms with Crippen molar-refractivity contribution in [3.8, 4) is 0 Å². The Morgan fingerprint density at radius 1 is 0.975 bits per heavy atom. The molecule has 3 unspecified atom stereocenters. The van der Waals surface area contributed by atoms with Crippen LogP contribution in [0.15, 0.2) is 53.6 Å². The third-order valence-corrected chi connectivity index (χ3v) is 10.9. The molecule has 3 fully saturated rings. The Bertz CT molecular complexity index is 1160. The van der Waals surface area contributed by atoms with Gasteiger partial charge in [-0.05, 0) is 61.0 Å². The van der Waals surface area contributed by atoms with Crippen LogP contribution in [-0.4, -0.2) is 51.8 Å². The second-order valence-corrected chi connectivity index (χ2v) is 12.7. The molecule has 0 radical (unpaired) electrons. The van der Waals surface area contributed by atoms with Crippen LogP contribution in [0.1, 0.15) is 69.7 Å². The van der Waals surface area contributed by atoms with Gasteiger partial charge in [-0.15, -0.1) is 0 Å². The molecule has 4 aliphatic rings. The van der Waals surface area contributed by atoms with Crippen molar-refractivity contribution in [2.45, 2.75) is 77.8 Å². The minimum absolute atomic E-state index is 0.165. The van der Waals surface area contributed by atoms with Crippen molar-refractivity contribution in [1.29, 1.82) is 0 Å². The number of esters is 1. The number of nitrogens with one attached hydrogen (secondary N) is 1. The molecule has 40 heavy (non-hydrogen) atoms. The fourth-order valence-electron chi connectivity index (χ4n) is 8.87. The standard InChI is InChI=1S/C33H45NO6/c1-20(30(37-5)38-6)25-14-15-26-24-13-12-22-18-23(39-29(35)21-10-8-7-9-11-21)19-28(40-31(36)34-4)33(22,3)27(24)16-17-32(25,26)2/h7-13,20,23,25-28,30H,14-19H2,1-6H3,(H,34,36)/t20?,23?,25-,26+,27+,28?,32-,33+/m1/s1. The van der Waals surface area contributed by atoms with Gasteiger partial charge in [-0.3, -0.25) is 0 Å². The molecule has 218 valence electrons. The normalized spacial score (nSPS) is 35.4. The third kappa shape index (κ3) is 4.79. The van der Waals surface area contributed by atoms with E-state index in [1.165, 1.54) is 11.1 Å². The molecule has 1 N–H and O–H groups in total. The molecule has 0 aliphatic heterocycles. The first-order valence-electron chi connectivity index (χ1n) is 14.8. The average molecular weight is 552 g/mol. The van der Waals surface area contributed by atoms with Crippen molar-refractivity contribution in [2.75, 3.05) is 21.3 Å². The fraction of sp³-hybridized carbons (Fsp3) is 0.636. The van der Waals surface area contributed by atoms with Crippen molar-refractivity contribution in [3.05, 3.63) is 59.2 Å². The van der Waals surface area contributed by atoms with Crippen LogP contribution in [0.2, 0.25) is 0 Å². The summed E-state index contributed by atoms with van der Waals surface area (Å²) in [5.41, 5.74) is 3.04. The Kier molecular flexibility index (Phi) is 8.17. The minimum atomic E-state index is -0.447. The molecule has 5 rings (SSSR count). The van der Waals surface area contributed by atoms with Crippen LogP contribution in [0.5, 0.6) is 0 Å². The van der Waals surface area contributed by atoms with Gasteiger partial charge in [-0.2, -0.15) is 0 Å². The van der Waals surface area contributed by atoms with Gasteiger partial charge < -0.3 is 24.3 Å². The maximum absolute atomic E-state index is 12.9. The lowest BCUT2D eigenvalue weighted by molar-refractivity contribution is -0.156. The molecule has 0 saturated heterocycles. The number of hydrogen-bond donors (Lipinski definition) is 1. The number of hydrogen-bond acceptors (Lipinski definition) is 6. The van der Waals surface area contributed by atoms with Crippen LogP contribution >= 0.6 is 0 Å². The molecular weight excluding hydrogens is 506 g/mol. The zero-order chi connectivity index (χ0) is 28.7. The van der Waals surface area contributed by atoms with Gasteiger partial charge in [0.25, 0.3) is 0 Å². The van der Waals surface area contributed by atoms with Gasteiger partial charge in [0.15, 0.2) is 6.29 Å². The lowest BCUT2D eigenvalue weighted by atomic mass is 9.49. The van der Waals surface area contributed by atoms with Crippen molar-refractivity contribution >= 4 is 12.1 Å². The average Bonchev–Trinajstić information content (AvgIpc) is 3.31. The van der Waals surface area contributed by atoms with E-state index >= 15 is 0 Å². The summed E-state index contributed by atoms with van der Waals surface area (Å²) >= 11 is 0. The van der Waals surface area contributed by atoms with E-state index in [4.69, 9.17) is 18.9 Å². The van der Waals surface area contributed by atoms with E-state index in [2.05, 4.69) is 38.2 Å². The van der Waals surface area contributed by atoms with Crippen molar-refractivity contribution < 1.29 is 28.5 Å². The Morgan fingerprint density at radius 3 is 2.38 bits per heavy atom. The zero-order valence-electron chi connectivity index (χ0n) is 24.8. The predicted octanol–water partition coefficient (Wildman–Crippen LogP) is 6.30. The van der Waals surface area contributed by atoms with E-state index < -0.39 is 12.2 Å². The maximum atomic E-state index is 12.9. The molecule has 0 spiro atoms. The lowest BCUT2D eigenvalue weighted by Gasteiger charge is -2.57. The van der Waals surface area contributed by atoms with Crippen molar-refractivity contribution in [3.63, 3.8) is 0 Å². The number of methoxy groups -OCH3 is 2. The van der Waals surface area contributed by atoms with Crippen LogP contribution in [0.3, 0.4) is 0 Å². The molecule has 8 atom stereocenters. The van der Waals surface area contributed by atoms with E-state index in [9.17, 15) is 9.59 Å². The molecule has 0 aromatic heterocycles. The Hall–Kier alpha value is -2.64. The number of fused-ring (bicyclic) bond motifs is 5. The highest BCUT2D eigenvalue weighted by Gasteiger charge is 2.60. The number of carbonyl (C=O) groups excluding carboxylic acids is 2. The summed E-state index contributed by atoms with van der Waals surface area (Å²) in [7, 11) is 5.04. The summed E-state index contributed by atoms with van der Waals surface area (Å²) < 4.78 is 23.4. The quantitative estimate of drug-likeness (QED) is 0.316. The molecule has 7 heteroatoms. The first kappa shape index (κ1) is 28.9. The summed E-state index contributed by atoms with van der Waals surface area (Å²) in [4.78, 5) is 25.5. The molecular formula is C33H45NO6. The second kappa shape index (κ2) is 11.3. The summed E-state index contributed by atoms with van der Waals surface area (Å²) in [6, 6.07) is 9.07. The van der Waals surface area contributed by atoms with Gasteiger partial charge in [0.1, 0.15) is 12.2 Å². The SMILES string of the molecule is CNC(=O)OC1CC(OC(=O)c2ccccc2)CC2=CC=C3[C@@H]4CC[C@H](C(C)C(OC)OC)[C@@]4(C)CC[C@@H]3[C@]21C.